The molecule has 0 radical (unpaired) electrons. The molecule has 0 amide bonds. The first-order valence-corrected chi connectivity index (χ1v) is 8.61. The van der Waals surface area contributed by atoms with Crippen molar-refractivity contribution in [1.82, 2.24) is 4.90 Å². The van der Waals surface area contributed by atoms with E-state index < -0.39 is 0 Å². The van der Waals surface area contributed by atoms with Crippen LogP contribution in [0.25, 0.3) is 0 Å². The Bertz CT molecular complexity index is 223. The molecular formula is C17H36N2. The van der Waals surface area contributed by atoms with Gasteiger partial charge in [-0.1, -0.05) is 53.4 Å². The molecule has 114 valence electrons. The van der Waals surface area contributed by atoms with E-state index in [2.05, 4.69) is 32.6 Å². The molecule has 2 N–H and O–H groups in total. The van der Waals surface area contributed by atoms with Crippen molar-refractivity contribution in [3.8, 4) is 0 Å². The Kier molecular flexibility index (Phi) is 8.01. The lowest BCUT2D eigenvalue weighted by Gasteiger charge is -2.42. The Hall–Kier alpha value is -0.0800. The van der Waals surface area contributed by atoms with Crippen molar-refractivity contribution in [3.63, 3.8) is 0 Å². The second kappa shape index (κ2) is 8.97. The van der Waals surface area contributed by atoms with E-state index in [4.69, 9.17) is 5.73 Å². The van der Waals surface area contributed by atoms with Gasteiger partial charge in [0.05, 0.1) is 0 Å². The smallest absolute Gasteiger partial charge is 0.0250 e. The van der Waals surface area contributed by atoms with Gasteiger partial charge in [0.1, 0.15) is 0 Å². The third-order valence-electron chi connectivity index (χ3n) is 4.70. The summed E-state index contributed by atoms with van der Waals surface area (Å²) in [7, 11) is 0. The third kappa shape index (κ3) is 5.43. The number of hydrogen-bond acceptors (Lipinski definition) is 2. The van der Waals surface area contributed by atoms with E-state index in [1.165, 1.54) is 57.9 Å². The van der Waals surface area contributed by atoms with E-state index in [9.17, 15) is 0 Å². The summed E-state index contributed by atoms with van der Waals surface area (Å²) in [5.74, 6) is 0.734. The summed E-state index contributed by atoms with van der Waals surface area (Å²) in [5, 5.41) is 0. The Balaban J connectivity index is 2.78. The Morgan fingerprint density at radius 3 is 2.11 bits per heavy atom. The van der Waals surface area contributed by atoms with Crippen molar-refractivity contribution >= 4 is 0 Å². The van der Waals surface area contributed by atoms with Gasteiger partial charge in [-0.3, -0.25) is 4.90 Å². The summed E-state index contributed by atoms with van der Waals surface area (Å²) in [6, 6.07) is 1.73. The zero-order valence-corrected chi connectivity index (χ0v) is 13.7. The highest BCUT2D eigenvalue weighted by Gasteiger charge is 2.29. The monoisotopic (exact) mass is 268 g/mol. The van der Waals surface area contributed by atoms with Crippen LogP contribution in [-0.2, 0) is 0 Å². The minimum absolute atomic E-state index is 0.389. The van der Waals surface area contributed by atoms with E-state index in [0.29, 0.717) is 12.1 Å². The normalized spacial score (nSPS) is 25.9. The summed E-state index contributed by atoms with van der Waals surface area (Å²) in [6.07, 6.45) is 10.5. The second-order valence-electron chi connectivity index (χ2n) is 6.78. The van der Waals surface area contributed by atoms with Crippen LogP contribution >= 0.6 is 0 Å². The van der Waals surface area contributed by atoms with Gasteiger partial charge >= 0.3 is 0 Å². The molecule has 0 aliphatic heterocycles. The molecule has 2 heteroatoms. The summed E-state index contributed by atoms with van der Waals surface area (Å²) in [6.45, 7) is 10.5. The highest BCUT2D eigenvalue weighted by atomic mass is 15.2. The third-order valence-corrected chi connectivity index (χ3v) is 4.70. The van der Waals surface area contributed by atoms with E-state index in [-0.39, 0.29) is 0 Å². The molecule has 0 heterocycles. The van der Waals surface area contributed by atoms with Gasteiger partial charge in [0.15, 0.2) is 0 Å². The van der Waals surface area contributed by atoms with Gasteiger partial charge in [-0.05, 0) is 31.6 Å². The van der Waals surface area contributed by atoms with Gasteiger partial charge in [0.25, 0.3) is 0 Å². The molecule has 1 aliphatic carbocycles. The van der Waals surface area contributed by atoms with Crippen LogP contribution in [0.4, 0.5) is 0 Å². The van der Waals surface area contributed by atoms with Gasteiger partial charge in [-0.15, -0.1) is 0 Å². The van der Waals surface area contributed by atoms with Crippen LogP contribution in [0.5, 0.6) is 0 Å². The first-order chi connectivity index (χ1) is 9.10. The number of nitrogens with two attached hydrogens (primary N) is 1. The largest absolute Gasteiger partial charge is 0.326 e. The molecule has 1 saturated carbocycles. The molecule has 2 nitrogen and oxygen atoms in total. The predicted molar refractivity (Wildman–Crippen MR) is 85.4 cm³/mol. The van der Waals surface area contributed by atoms with Crippen LogP contribution in [0.1, 0.15) is 79.1 Å². The Morgan fingerprint density at radius 2 is 1.58 bits per heavy atom. The van der Waals surface area contributed by atoms with Gasteiger partial charge in [0.2, 0.25) is 0 Å². The molecule has 0 spiro atoms. The fourth-order valence-electron chi connectivity index (χ4n) is 3.64. The zero-order chi connectivity index (χ0) is 14.3. The predicted octanol–water partition coefficient (Wildman–Crippen LogP) is 4.18. The molecule has 1 aliphatic rings. The van der Waals surface area contributed by atoms with Crippen LogP contribution in [0, 0.1) is 5.92 Å². The van der Waals surface area contributed by atoms with Gasteiger partial charge in [-0.25, -0.2) is 0 Å². The molecule has 0 saturated heterocycles. The van der Waals surface area contributed by atoms with E-state index >= 15 is 0 Å². The quantitative estimate of drug-likeness (QED) is 0.783. The molecule has 0 aromatic rings. The number of nitrogens with zero attached hydrogens (tertiary/aromatic N) is 1. The SMILES string of the molecule is CCC(CC)N(CC(C)C)C1CCCCCCC1N. The minimum atomic E-state index is 0.389. The topological polar surface area (TPSA) is 29.3 Å². The van der Waals surface area contributed by atoms with Gasteiger partial charge in [0, 0.05) is 24.7 Å². The van der Waals surface area contributed by atoms with E-state index in [0.717, 1.165) is 12.0 Å². The maximum absolute atomic E-state index is 6.53. The average Bonchev–Trinajstić information content (AvgIpc) is 2.34. The lowest BCUT2D eigenvalue weighted by Crippen LogP contribution is -2.53. The summed E-state index contributed by atoms with van der Waals surface area (Å²) >= 11 is 0. The van der Waals surface area contributed by atoms with Gasteiger partial charge < -0.3 is 5.73 Å². The van der Waals surface area contributed by atoms with Crippen LogP contribution in [0.3, 0.4) is 0 Å². The molecular weight excluding hydrogens is 232 g/mol. The maximum atomic E-state index is 6.53. The lowest BCUT2D eigenvalue weighted by atomic mass is 9.89. The van der Waals surface area contributed by atoms with E-state index in [1.807, 2.05) is 0 Å². The molecule has 2 unspecified atom stereocenters. The van der Waals surface area contributed by atoms with Crippen LogP contribution in [-0.4, -0.2) is 29.6 Å². The van der Waals surface area contributed by atoms with Crippen LogP contribution in [0.15, 0.2) is 0 Å². The van der Waals surface area contributed by atoms with Crippen molar-refractivity contribution < 1.29 is 0 Å². The Morgan fingerprint density at radius 1 is 1.00 bits per heavy atom. The molecule has 0 bridgehead atoms. The Labute approximate surface area is 121 Å². The van der Waals surface area contributed by atoms with Crippen LogP contribution < -0.4 is 5.73 Å². The number of rotatable bonds is 6. The van der Waals surface area contributed by atoms with Crippen molar-refractivity contribution in [2.24, 2.45) is 11.7 Å². The van der Waals surface area contributed by atoms with Crippen molar-refractivity contribution in [2.75, 3.05) is 6.54 Å². The van der Waals surface area contributed by atoms with Crippen molar-refractivity contribution in [3.05, 3.63) is 0 Å². The van der Waals surface area contributed by atoms with Gasteiger partial charge in [-0.2, -0.15) is 0 Å². The second-order valence-corrected chi connectivity index (χ2v) is 6.78. The van der Waals surface area contributed by atoms with Crippen molar-refractivity contribution in [2.45, 2.75) is 97.2 Å². The summed E-state index contributed by atoms with van der Waals surface area (Å²) in [5.41, 5.74) is 6.53. The first kappa shape index (κ1) is 17.0. The zero-order valence-electron chi connectivity index (χ0n) is 13.7. The minimum Gasteiger partial charge on any atom is -0.326 e. The van der Waals surface area contributed by atoms with Crippen LogP contribution in [0.2, 0.25) is 0 Å². The molecule has 19 heavy (non-hydrogen) atoms. The standard InChI is InChI=1S/C17H36N2/c1-5-15(6-2)19(13-14(3)4)17-12-10-8-7-9-11-16(17)18/h14-17H,5-13,18H2,1-4H3. The highest BCUT2D eigenvalue weighted by Crippen LogP contribution is 2.25. The molecule has 0 aromatic carbocycles. The van der Waals surface area contributed by atoms with Crippen molar-refractivity contribution in [1.29, 1.82) is 0 Å². The molecule has 1 fully saturated rings. The van der Waals surface area contributed by atoms with E-state index in [1.54, 1.807) is 0 Å². The maximum Gasteiger partial charge on any atom is 0.0250 e. The number of hydrogen-bond donors (Lipinski definition) is 1. The molecule has 1 rings (SSSR count). The first-order valence-electron chi connectivity index (χ1n) is 8.61. The fourth-order valence-corrected chi connectivity index (χ4v) is 3.64. The summed E-state index contributed by atoms with van der Waals surface area (Å²) in [4.78, 5) is 2.76. The average molecular weight is 268 g/mol. The molecule has 2 atom stereocenters. The summed E-state index contributed by atoms with van der Waals surface area (Å²) < 4.78 is 0. The highest BCUT2D eigenvalue weighted by molar-refractivity contribution is 4.87. The lowest BCUT2D eigenvalue weighted by molar-refractivity contribution is 0.0795. The fraction of sp³-hybridized carbons (Fsp3) is 1.00. The molecule has 0 aromatic heterocycles.